The van der Waals surface area contributed by atoms with E-state index in [0.29, 0.717) is 16.9 Å². The van der Waals surface area contributed by atoms with E-state index in [1.54, 1.807) is 42.6 Å². The number of hydrogen-bond acceptors (Lipinski definition) is 3. The van der Waals surface area contributed by atoms with Crippen molar-refractivity contribution in [2.75, 3.05) is 10.6 Å². The molecule has 0 aliphatic carbocycles. The minimum Gasteiger partial charge on any atom is -0.323 e. The maximum Gasteiger partial charge on any atom is 0.257 e. The molecular formula is C14H11Cl2N3O2. The van der Waals surface area contributed by atoms with E-state index in [1.165, 1.54) is 6.20 Å². The van der Waals surface area contributed by atoms with Crippen LogP contribution in [-0.4, -0.2) is 21.6 Å². The van der Waals surface area contributed by atoms with Crippen LogP contribution >= 0.6 is 23.2 Å². The van der Waals surface area contributed by atoms with Gasteiger partial charge in [0.25, 0.3) is 11.8 Å². The van der Waals surface area contributed by atoms with Crippen LogP contribution in [0, 0.1) is 0 Å². The molecule has 0 spiro atoms. The van der Waals surface area contributed by atoms with Crippen molar-refractivity contribution in [2.45, 2.75) is 4.84 Å². The molecule has 108 valence electrons. The first-order valence-corrected chi connectivity index (χ1v) is 6.84. The fourth-order valence-corrected chi connectivity index (χ4v) is 1.72. The van der Waals surface area contributed by atoms with E-state index in [0.717, 1.165) is 0 Å². The van der Waals surface area contributed by atoms with Crippen molar-refractivity contribution >= 4 is 46.4 Å². The lowest BCUT2D eigenvalue weighted by molar-refractivity contribution is -0.114. The highest BCUT2D eigenvalue weighted by atomic mass is 35.5. The summed E-state index contributed by atoms with van der Waals surface area (Å²) in [6, 6.07) is 9.96. The zero-order valence-electron chi connectivity index (χ0n) is 10.7. The number of aromatic nitrogens is 1. The summed E-state index contributed by atoms with van der Waals surface area (Å²) in [4.78, 5) is 26.5. The third-order valence-electron chi connectivity index (χ3n) is 2.55. The van der Waals surface area contributed by atoms with E-state index in [4.69, 9.17) is 23.2 Å². The standard InChI is InChI=1S/C14H11Cl2N3O2/c15-12(16)14(21)19-11-6-2-1-5-10(11)13(20)18-9-4-3-7-17-8-9/h1-8,12H,(H,18,20)(H,19,21). The highest BCUT2D eigenvalue weighted by Gasteiger charge is 2.16. The molecule has 2 N–H and O–H groups in total. The Hall–Kier alpha value is -2.11. The van der Waals surface area contributed by atoms with Gasteiger partial charge in [-0.15, -0.1) is 0 Å². The molecule has 0 aliphatic rings. The van der Waals surface area contributed by atoms with Gasteiger partial charge in [0.2, 0.25) is 0 Å². The highest BCUT2D eigenvalue weighted by Crippen LogP contribution is 2.18. The van der Waals surface area contributed by atoms with Crippen LogP contribution in [0.25, 0.3) is 0 Å². The van der Waals surface area contributed by atoms with E-state index in [-0.39, 0.29) is 5.91 Å². The lowest BCUT2D eigenvalue weighted by Crippen LogP contribution is -2.21. The van der Waals surface area contributed by atoms with E-state index >= 15 is 0 Å². The number of amides is 2. The molecule has 7 heteroatoms. The molecule has 0 radical (unpaired) electrons. The van der Waals surface area contributed by atoms with Gasteiger partial charge in [-0.25, -0.2) is 0 Å². The zero-order chi connectivity index (χ0) is 15.2. The van der Waals surface area contributed by atoms with Crippen molar-refractivity contribution in [3.63, 3.8) is 0 Å². The molecule has 2 aromatic rings. The van der Waals surface area contributed by atoms with Gasteiger partial charge in [0, 0.05) is 6.20 Å². The lowest BCUT2D eigenvalue weighted by Gasteiger charge is -2.11. The molecular weight excluding hydrogens is 313 g/mol. The molecule has 2 rings (SSSR count). The number of alkyl halides is 2. The summed E-state index contributed by atoms with van der Waals surface area (Å²) < 4.78 is 0. The third-order valence-corrected chi connectivity index (χ3v) is 2.94. The van der Waals surface area contributed by atoms with E-state index in [1.807, 2.05) is 0 Å². The minimum atomic E-state index is -1.21. The number of pyridine rings is 1. The SMILES string of the molecule is O=C(Nc1cccnc1)c1ccccc1NC(=O)C(Cl)Cl. The second-order valence-electron chi connectivity index (χ2n) is 4.03. The van der Waals surface area contributed by atoms with E-state index in [2.05, 4.69) is 15.6 Å². The molecule has 1 heterocycles. The molecule has 1 aromatic heterocycles. The number of para-hydroxylation sites is 1. The number of hydrogen-bond donors (Lipinski definition) is 2. The number of benzene rings is 1. The second kappa shape index (κ2) is 7.06. The van der Waals surface area contributed by atoms with Crippen LogP contribution in [-0.2, 0) is 4.79 Å². The Morgan fingerprint density at radius 1 is 1.05 bits per heavy atom. The molecule has 0 atom stereocenters. The number of halogens is 2. The van der Waals surface area contributed by atoms with Crippen LogP contribution in [0.3, 0.4) is 0 Å². The second-order valence-corrected chi connectivity index (χ2v) is 5.13. The smallest absolute Gasteiger partial charge is 0.257 e. The third kappa shape index (κ3) is 4.18. The molecule has 0 unspecified atom stereocenters. The van der Waals surface area contributed by atoms with Crippen LogP contribution in [0.4, 0.5) is 11.4 Å². The van der Waals surface area contributed by atoms with E-state index in [9.17, 15) is 9.59 Å². The Morgan fingerprint density at radius 2 is 1.81 bits per heavy atom. The highest BCUT2D eigenvalue weighted by molar-refractivity contribution is 6.54. The molecule has 0 aliphatic heterocycles. The predicted octanol–water partition coefficient (Wildman–Crippen LogP) is 3.08. The molecule has 1 aromatic carbocycles. The van der Waals surface area contributed by atoms with Crippen molar-refractivity contribution in [2.24, 2.45) is 0 Å². The Balaban J connectivity index is 2.19. The summed E-state index contributed by atoms with van der Waals surface area (Å²) in [6.07, 6.45) is 3.12. The quantitative estimate of drug-likeness (QED) is 0.849. The number of nitrogens with zero attached hydrogens (tertiary/aromatic N) is 1. The van der Waals surface area contributed by atoms with Crippen molar-refractivity contribution < 1.29 is 9.59 Å². The molecule has 0 bridgehead atoms. The van der Waals surface area contributed by atoms with Gasteiger partial charge in [0.05, 0.1) is 23.1 Å². The average molecular weight is 324 g/mol. The molecule has 5 nitrogen and oxygen atoms in total. The monoisotopic (exact) mass is 323 g/mol. The summed E-state index contributed by atoms with van der Waals surface area (Å²) in [5.74, 6) is -0.973. The van der Waals surface area contributed by atoms with Crippen molar-refractivity contribution in [3.05, 3.63) is 54.4 Å². The Morgan fingerprint density at radius 3 is 2.48 bits per heavy atom. The van der Waals surface area contributed by atoms with Crippen molar-refractivity contribution in [1.29, 1.82) is 0 Å². The number of carbonyl (C=O) groups excluding carboxylic acids is 2. The Kier molecular flexibility index (Phi) is 5.14. The molecule has 21 heavy (non-hydrogen) atoms. The summed E-state index contributed by atoms with van der Waals surface area (Å²) in [6.45, 7) is 0. The number of rotatable bonds is 4. The maximum atomic E-state index is 12.2. The number of carbonyl (C=O) groups is 2. The lowest BCUT2D eigenvalue weighted by atomic mass is 10.1. The summed E-state index contributed by atoms with van der Waals surface area (Å²) in [5, 5.41) is 5.18. The van der Waals surface area contributed by atoms with Crippen LogP contribution in [0.5, 0.6) is 0 Å². The maximum absolute atomic E-state index is 12.2. The van der Waals surface area contributed by atoms with Gasteiger partial charge in [-0.05, 0) is 24.3 Å². The summed E-state index contributed by atoms with van der Waals surface area (Å²) >= 11 is 11.0. The topological polar surface area (TPSA) is 71.1 Å². The van der Waals surface area contributed by atoms with Crippen LogP contribution in [0.15, 0.2) is 48.8 Å². The van der Waals surface area contributed by atoms with Gasteiger partial charge < -0.3 is 10.6 Å². The first kappa shape index (κ1) is 15.3. The molecule has 0 saturated heterocycles. The molecule has 0 fully saturated rings. The largest absolute Gasteiger partial charge is 0.323 e. The van der Waals surface area contributed by atoms with Crippen molar-refractivity contribution in [3.8, 4) is 0 Å². The fraction of sp³-hybridized carbons (Fsp3) is 0.0714. The number of anilines is 2. The first-order chi connectivity index (χ1) is 10.1. The van der Waals surface area contributed by atoms with Gasteiger partial charge in [-0.1, -0.05) is 35.3 Å². The van der Waals surface area contributed by atoms with E-state index < -0.39 is 10.7 Å². The van der Waals surface area contributed by atoms with Gasteiger partial charge in [0.15, 0.2) is 4.84 Å². The Bertz CT molecular complexity index is 648. The predicted molar refractivity (Wildman–Crippen MR) is 82.8 cm³/mol. The number of nitrogens with one attached hydrogen (secondary N) is 2. The minimum absolute atomic E-state index is 0.295. The van der Waals surface area contributed by atoms with Gasteiger partial charge in [0.1, 0.15) is 0 Å². The van der Waals surface area contributed by atoms with Crippen molar-refractivity contribution in [1.82, 2.24) is 4.98 Å². The van der Waals surface area contributed by atoms with Crippen LogP contribution < -0.4 is 10.6 Å². The Labute approximate surface area is 131 Å². The molecule has 0 saturated carbocycles. The summed E-state index contributed by atoms with van der Waals surface area (Å²) in [5.41, 5.74) is 1.18. The van der Waals surface area contributed by atoms with Gasteiger partial charge >= 0.3 is 0 Å². The van der Waals surface area contributed by atoms with Crippen LogP contribution in [0.2, 0.25) is 0 Å². The zero-order valence-corrected chi connectivity index (χ0v) is 12.2. The van der Waals surface area contributed by atoms with Gasteiger partial charge in [-0.3, -0.25) is 14.6 Å². The average Bonchev–Trinajstić information content (AvgIpc) is 2.48. The van der Waals surface area contributed by atoms with Crippen LogP contribution in [0.1, 0.15) is 10.4 Å². The van der Waals surface area contributed by atoms with Gasteiger partial charge in [-0.2, -0.15) is 0 Å². The first-order valence-electron chi connectivity index (χ1n) is 5.97. The molecule has 2 amide bonds. The fourth-order valence-electron chi connectivity index (χ4n) is 1.61. The summed E-state index contributed by atoms with van der Waals surface area (Å²) in [7, 11) is 0. The normalized spacial score (nSPS) is 10.2.